The second-order valence-corrected chi connectivity index (χ2v) is 5.70. The van der Waals surface area contributed by atoms with Crippen molar-refractivity contribution in [2.24, 2.45) is 0 Å². The Morgan fingerprint density at radius 2 is 2.21 bits per heavy atom. The number of anilines is 1. The van der Waals surface area contributed by atoms with Crippen LogP contribution in [-0.2, 0) is 0 Å². The van der Waals surface area contributed by atoms with Crippen LogP contribution in [0.1, 0.15) is 13.8 Å². The number of fused-ring (bicyclic) bond motifs is 1. The lowest BCUT2D eigenvalue weighted by molar-refractivity contribution is 0.890. The minimum atomic E-state index is 0.381. The van der Waals surface area contributed by atoms with Gasteiger partial charge in [0.1, 0.15) is 17.0 Å². The molecule has 0 saturated heterocycles. The Bertz CT molecular complexity index is 452. The topological polar surface area (TPSA) is 37.8 Å². The molecule has 2 rings (SSSR count). The first-order chi connectivity index (χ1) is 6.66. The quantitative estimate of drug-likeness (QED) is 0.911. The third-order valence-corrected chi connectivity index (χ3v) is 3.27. The van der Waals surface area contributed by atoms with E-state index in [9.17, 15) is 0 Å². The van der Waals surface area contributed by atoms with Crippen LogP contribution >= 0.6 is 27.3 Å². The predicted molar refractivity (Wildman–Crippen MR) is 63.9 cm³/mol. The highest BCUT2D eigenvalue weighted by Crippen LogP contribution is 2.31. The second-order valence-electron chi connectivity index (χ2n) is 3.29. The largest absolute Gasteiger partial charge is 0.367 e. The molecular formula is C9H10BrN3S. The average molecular weight is 272 g/mol. The molecule has 0 atom stereocenters. The number of aromatic nitrogens is 2. The van der Waals surface area contributed by atoms with Gasteiger partial charge < -0.3 is 5.32 Å². The van der Waals surface area contributed by atoms with Crippen LogP contribution in [0.2, 0.25) is 0 Å². The molecule has 0 saturated carbocycles. The Morgan fingerprint density at radius 3 is 2.93 bits per heavy atom. The number of nitrogens with zero attached hydrogens (tertiary/aromatic N) is 2. The van der Waals surface area contributed by atoms with Crippen LogP contribution in [0, 0.1) is 0 Å². The van der Waals surface area contributed by atoms with E-state index in [2.05, 4.69) is 45.1 Å². The molecule has 0 amide bonds. The first kappa shape index (κ1) is 9.86. The van der Waals surface area contributed by atoms with Crippen molar-refractivity contribution < 1.29 is 0 Å². The van der Waals surface area contributed by atoms with Crippen LogP contribution in [0.3, 0.4) is 0 Å². The Balaban J connectivity index is 2.53. The molecule has 14 heavy (non-hydrogen) atoms. The van der Waals surface area contributed by atoms with Crippen molar-refractivity contribution in [3.05, 3.63) is 16.2 Å². The molecule has 0 aliphatic heterocycles. The van der Waals surface area contributed by atoms with E-state index < -0.39 is 0 Å². The van der Waals surface area contributed by atoms with Crippen LogP contribution in [0.25, 0.3) is 10.2 Å². The molecule has 0 aliphatic rings. The van der Waals surface area contributed by atoms with Crippen molar-refractivity contribution in [3.63, 3.8) is 0 Å². The van der Waals surface area contributed by atoms with Crippen molar-refractivity contribution in [3.8, 4) is 0 Å². The highest BCUT2D eigenvalue weighted by molar-refractivity contribution is 9.11. The van der Waals surface area contributed by atoms with Gasteiger partial charge in [-0.1, -0.05) is 0 Å². The lowest BCUT2D eigenvalue weighted by Gasteiger charge is -2.08. The predicted octanol–water partition coefficient (Wildman–Crippen LogP) is 3.27. The van der Waals surface area contributed by atoms with Gasteiger partial charge in [-0.05, 0) is 35.8 Å². The average Bonchev–Trinajstić information content (AvgIpc) is 2.45. The molecule has 0 spiro atoms. The summed E-state index contributed by atoms with van der Waals surface area (Å²) in [6.07, 6.45) is 1.59. The maximum atomic E-state index is 4.22. The number of rotatable bonds is 2. The maximum absolute atomic E-state index is 4.22. The van der Waals surface area contributed by atoms with Crippen molar-refractivity contribution in [1.82, 2.24) is 9.97 Å². The molecule has 2 aromatic heterocycles. The van der Waals surface area contributed by atoms with Crippen molar-refractivity contribution >= 4 is 43.3 Å². The molecule has 0 aromatic carbocycles. The summed E-state index contributed by atoms with van der Waals surface area (Å²) in [6, 6.07) is 2.43. The smallest absolute Gasteiger partial charge is 0.138 e. The zero-order valence-electron chi connectivity index (χ0n) is 7.91. The minimum Gasteiger partial charge on any atom is -0.367 e. The standard InChI is InChI=1S/C9H10BrN3S/c1-5(2)13-8-6-3-7(10)14-9(6)12-4-11-8/h3-5H,1-2H3,(H,11,12,13). The fraction of sp³-hybridized carbons (Fsp3) is 0.333. The number of hydrogen-bond acceptors (Lipinski definition) is 4. The van der Waals surface area contributed by atoms with Gasteiger partial charge in [-0.2, -0.15) is 0 Å². The third-order valence-electron chi connectivity index (χ3n) is 1.72. The minimum absolute atomic E-state index is 0.381. The van der Waals surface area contributed by atoms with E-state index >= 15 is 0 Å². The molecule has 0 fully saturated rings. The zero-order chi connectivity index (χ0) is 10.1. The van der Waals surface area contributed by atoms with E-state index in [1.807, 2.05) is 6.07 Å². The molecule has 74 valence electrons. The van der Waals surface area contributed by atoms with E-state index in [0.717, 1.165) is 19.8 Å². The third kappa shape index (κ3) is 1.88. The number of hydrogen-bond donors (Lipinski definition) is 1. The van der Waals surface area contributed by atoms with Crippen LogP contribution < -0.4 is 5.32 Å². The molecule has 5 heteroatoms. The summed E-state index contributed by atoms with van der Waals surface area (Å²) < 4.78 is 1.08. The van der Waals surface area contributed by atoms with Gasteiger partial charge in [0.15, 0.2) is 0 Å². The van der Waals surface area contributed by atoms with Gasteiger partial charge in [-0.25, -0.2) is 9.97 Å². The van der Waals surface area contributed by atoms with E-state index in [1.165, 1.54) is 0 Å². The summed E-state index contributed by atoms with van der Waals surface area (Å²) in [5.74, 6) is 0.909. The van der Waals surface area contributed by atoms with E-state index in [1.54, 1.807) is 17.7 Å². The van der Waals surface area contributed by atoms with Crippen molar-refractivity contribution in [2.75, 3.05) is 5.32 Å². The molecular weight excluding hydrogens is 262 g/mol. The second kappa shape index (κ2) is 3.82. The molecule has 3 nitrogen and oxygen atoms in total. The summed E-state index contributed by atoms with van der Waals surface area (Å²) in [5.41, 5.74) is 0. The van der Waals surface area contributed by atoms with Gasteiger partial charge >= 0.3 is 0 Å². The summed E-state index contributed by atoms with van der Waals surface area (Å²) >= 11 is 5.07. The van der Waals surface area contributed by atoms with E-state index in [0.29, 0.717) is 6.04 Å². The molecule has 0 bridgehead atoms. The van der Waals surface area contributed by atoms with Crippen LogP contribution in [-0.4, -0.2) is 16.0 Å². The summed E-state index contributed by atoms with van der Waals surface area (Å²) in [7, 11) is 0. The van der Waals surface area contributed by atoms with Gasteiger partial charge in [-0.3, -0.25) is 0 Å². The highest BCUT2D eigenvalue weighted by Gasteiger charge is 2.07. The monoisotopic (exact) mass is 271 g/mol. The normalized spacial score (nSPS) is 11.1. The summed E-state index contributed by atoms with van der Waals surface area (Å²) in [4.78, 5) is 9.44. The summed E-state index contributed by atoms with van der Waals surface area (Å²) in [6.45, 7) is 4.19. The molecule has 2 heterocycles. The Hall–Kier alpha value is -0.680. The van der Waals surface area contributed by atoms with Gasteiger partial charge in [0.05, 0.1) is 9.17 Å². The van der Waals surface area contributed by atoms with Gasteiger partial charge in [0.25, 0.3) is 0 Å². The van der Waals surface area contributed by atoms with Crippen molar-refractivity contribution in [1.29, 1.82) is 0 Å². The number of halogens is 1. The maximum Gasteiger partial charge on any atom is 0.138 e. The van der Waals surface area contributed by atoms with Crippen LogP contribution in [0.5, 0.6) is 0 Å². The zero-order valence-corrected chi connectivity index (χ0v) is 10.3. The molecule has 2 aromatic rings. The highest BCUT2D eigenvalue weighted by atomic mass is 79.9. The molecule has 0 aliphatic carbocycles. The summed E-state index contributed by atoms with van der Waals surface area (Å²) in [5, 5.41) is 4.38. The fourth-order valence-corrected chi connectivity index (χ4v) is 2.63. The first-order valence-electron chi connectivity index (χ1n) is 4.33. The van der Waals surface area contributed by atoms with Crippen LogP contribution in [0.4, 0.5) is 5.82 Å². The van der Waals surface area contributed by atoms with E-state index in [4.69, 9.17) is 0 Å². The Labute approximate surface area is 94.7 Å². The number of thiophene rings is 1. The SMILES string of the molecule is CC(C)Nc1ncnc2sc(Br)cc12. The molecule has 1 N–H and O–H groups in total. The van der Waals surface area contributed by atoms with Gasteiger partial charge in [-0.15, -0.1) is 11.3 Å². The fourth-order valence-electron chi connectivity index (χ4n) is 1.21. The lowest BCUT2D eigenvalue weighted by atomic mass is 10.3. The van der Waals surface area contributed by atoms with Gasteiger partial charge in [0, 0.05) is 6.04 Å². The lowest BCUT2D eigenvalue weighted by Crippen LogP contribution is -2.11. The first-order valence-corrected chi connectivity index (χ1v) is 5.94. The number of nitrogens with one attached hydrogen (secondary N) is 1. The van der Waals surface area contributed by atoms with E-state index in [-0.39, 0.29) is 0 Å². The van der Waals surface area contributed by atoms with Gasteiger partial charge in [0.2, 0.25) is 0 Å². The van der Waals surface area contributed by atoms with Crippen LogP contribution in [0.15, 0.2) is 16.2 Å². The van der Waals surface area contributed by atoms with Crippen molar-refractivity contribution in [2.45, 2.75) is 19.9 Å². The molecule has 0 radical (unpaired) electrons. The molecule has 0 unspecified atom stereocenters. The Kier molecular flexibility index (Phi) is 2.69. The Morgan fingerprint density at radius 1 is 1.43 bits per heavy atom.